The Kier molecular flexibility index (Phi) is 5.41. The minimum atomic E-state index is -0.235. The van der Waals surface area contributed by atoms with Crippen molar-refractivity contribution in [2.45, 2.75) is 20.3 Å². The topological polar surface area (TPSA) is 65.4 Å². The van der Waals surface area contributed by atoms with Crippen molar-refractivity contribution < 1.29 is 14.3 Å². The average molecular weight is 303 g/mol. The van der Waals surface area contributed by atoms with Crippen LogP contribution in [0.3, 0.4) is 0 Å². The van der Waals surface area contributed by atoms with Gasteiger partial charge in [-0.3, -0.25) is 9.48 Å². The second kappa shape index (κ2) is 7.49. The van der Waals surface area contributed by atoms with Crippen LogP contribution in [0, 0.1) is 0 Å². The molecule has 0 aliphatic rings. The molecule has 0 atom stereocenters. The number of hydrogen-bond donors (Lipinski definition) is 1. The molecule has 0 unspecified atom stereocenters. The standard InChI is InChI=1S/C16H21N3O3/c1-4-10-22-13-7-6-12(11-14(13)21-5-2)16(20)17-15-8-9-19(3)18-15/h6-9,11H,4-5,10H2,1-3H3,(H,17,18,20). The van der Waals surface area contributed by atoms with Crippen LogP contribution in [0.5, 0.6) is 11.5 Å². The predicted octanol–water partition coefficient (Wildman–Crippen LogP) is 2.86. The van der Waals surface area contributed by atoms with Crippen molar-refractivity contribution in [3.63, 3.8) is 0 Å². The maximum atomic E-state index is 12.2. The third-order valence-electron chi connectivity index (χ3n) is 2.92. The molecular weight excluding hydrogens is 282 g/mol. The number of ether oxygens (including phenoxy) is 2. The molecule has 0 bridgehead atoms. The lowest BCUT2D eigenvalue weighted by molar-refractivity contribution is 0.102. The second-order valence-corrected chi connectivity index (χ2v) is 4.77. The van der Waals surface area contributed by atoms with Crippen molar-refractivity contribution in [2.24, 2.45) is 7.05 Å². The maximum Gasteiger partial charge on any atom is 0.257 e. The highest BCUT2D eigenvalue weighted by Gasteiger charge is 2.12. The number of rotatable bonds is 7. The zero-order chi connectivity index (χ0) is 15.9. The van der Waals surface area contributed by atoms with E-state index in [0.717, 1.165) is 6.42 Å². The largest absolute Gasteiger partial charge is 0.490 e. The number of aromatic nitrogens is 2. The Morgan fingerprint density at radius 3 is 2.68 bits per heavy atom. The van der Waals surface area contributed by atoms with Crippen LogP contribution in [0.1, 0.15) is 30.6 Å². The molecule has 0 spiro atoms. The average Bonchev–Trinajstić information content (AvgIpc) is 2.91. The highest BCUT2D eigenvalue weighted by molar-refractivity contribution is 6.04. The molecule has 2 aromatic rings. The summed E-state index contributed by atoms with van der Waals surface area (Å²) in [5.74, 6) is 1.50. The van der Waals surface area contributed by atoms with Gasteiger partial charge in [0.15, 0.2) is 17.3 Å². The molecule has 0 fully saturated rings. The van der Waals surface area contributed by atoms with Crippen LogP contribution in [-0.4, -0.2) is 28.9 Å². The van der Waals surface area contributed by atoms with Crippen molar-refractivity contribution in [3.8, 4) is 11.5 Å². The Morgan fingerprint density at radius 2 is 2.05 bits per heavy atom. The molecule has 22 heavy (non-hydrogen) atoms. The smallest absolute Gasteiger partial charge is 0.257 e. The van der Waals surface area contributed by atoms with E-state index in [9.17, 15) is 4.79 Å². The molecule has 0 aliphatic carbocycles. The van der Waals surface area contributed by atoms with E-state index in [-0.39, 0.29) is 5.91 Å². The predicted molar refractivity (Wildman–Crippen MR) is 84.6 cm³/mol. The van der Waals surface area contributed by atoms with E-state index < -0.39 is 0 Å². The Bertz CT molecular complexity index is 637. The zero-order valence-corrected chi connectivity index (χ0v) is 13.1. The summed E-state index contributed by atoms with van der Waals surface area (Å²) in [5.41, 5.74) is 0.498. The molecule has 0 radical (unpaired) electrons. The lowest BCUT2D eigenvalue weighted by Gasteiger charge is -2.12. The van der Waals surface area contributed by atoms with Crippen LogP contribution >= 0.6 is 0 Å². The minimum absolute atomic E-state index is 0.235. The molecule has 0 saturated heterocycles. The number of hydrogen-bond acceptors (Lipinski definition) is 4. The summed E-state index contributed by atoms with van der Waals surface area (Å²) in [6.07, 6.45) is 2.68. The lowest BCUT2D eigenvalue weighted by Crippen LogP contribution is -2.13. The Labute approximate surface area is 130 Å². The maximum absolute atomic E-state index is 12.2. The van der Waals surface area contributed by atoms with Gasteiger partial charge in [0.25, 0.3) is 5.91 Å². The number of nitrogens with one attached hydrogen (secondary N) is 1. The van der Waals surface area contributed by atoms with Crippen molar-refractivity contribution in [1.29, 1.82) is 0 Å². The van der Waals surface area contributed by atoms with E-state index in [1.807, 2.05) is 13.8 Å². The first kappa shape index (κ1) is 15.9. The van der Waals surface area contributed by atoms with Gasteiger partial charge in [0, 0.05) is 24.9 Å². The van der Waals surface area contributed by atoms with Crippen LogP contribution in [0.4, 0.5) is 5.82 Å². The first-order valence-electron chi connectivity index (χ1n) is 7.34. The van der Waals surface area contributed by atoms with Gasteiger partial charge in [0.05, 0.1) is 13.2 Å². The molecule has 2 rings (SSSR count). The zero-order valence-electron chi connectivity index (χ0n) is 13.1. The molecule has 1 amide bonds. The van der Waals surface area contributed by atoms with Gasteiger partial charge in [-0.2, -0.15) is 5.10 Å². The fourth-order valence-corrected chi connectivity index (χ4v) is 1.92. The van der Waals surface area contributed by atoms with Gasteiger partial charge in [0.1, 0.15) is 0 Å². The Morgan fingerprint density at radius 1 is 1.23 bits per heavy atom. The van der Waals surface area contributed by atoms with Gasteiger partial charge in [-0.25, -0.2) is 0 Å². The van der Waals surface area contributed by atoms with Gasteiger partial charge in [0.2, 0.25) is 0 Å². The van der Waals surface area contributed by atoms with Crippen LogP contribution in [0.2, 0.25) is 0 Å². The molecule has 1 N–H and O–H groups in total. The molecule has 1 aromatic carbocycles. The molecule has 1 aromatic heterocycles. The summed E-state index contributed by atoms with van der Waals surface area (Å²) >= 11 is 0. The summed E-state index contributed by atoms with van der Waals surface area (Å²) in [5, 5.41) is 6.87. The summed E-state index contributed by atoms with van der Waals surface area (Å²) in [6, 6.07) is 6.90. The third-order valence-corrected chi connectivity index (χ3v) is 2.92. The van der Waals surface area contributed by atoms with E-state index in [1.54, 1.807) is 42.2 Å². The highest BCUT2D eigenvalue weighted by atomic mass is 16.5. The van der Waals surface area contributed by atoms with Gasteiger partial charge in [-0.15, -0.1) is 0 Å². The summed E-state index contributed by atoms with van der Waals surface area (Å²) < 4.78 is 12.8. The van der Waals surface area contributed by atoms with E-state index >= 15 is 0 Å². The quantitative estimate of drug-likeness (QED) is 0.854. The number of amides is 1. The number of nitrogens with zero attached hydrogens (tertiary/aromatic N) is 2. The van der Waals surface area contributed by atoms with Crippen molar-refractivity contribution >= 4 is 11.7 Å². The Hall–Kier alpha value is -2.50. The first-order chi connectivity index (χ1) is 10.6. The van der Waals surface area contributed by atoms with Gasteiger partial charge in [-0.1, -0.05) is 6.92 Å². The number of benzene rings is 1. The second-order valence-electron chi connectivity index (χ2n) is 4.77. The molecule has 0 aliphatic heterocycles. The van der Waals surface area contributed by atoms with Gasteiger partial charge >= 0.3 is 0 Å². The normalized spacial score (nSPS) is 10.3. The fourth-order valence-electron chi connectivity index (χ4n) is 1.92. The summed E-state index contributed by atoms with van der Waals surface area (Å²) in [7, 11) is 1.79. The monoisotopic (exact) mass is 303 g/mol. The summed E-state index contributed by atoms with van der Waals surface area (Å²) in [6.45, 7) is 5.05. The highest BCUT2D eigenvalue weighted by Crippen LogP contribution is 2.29. The first-order valence-corrected chi connectivity index (χ1v) is 7.34. The third kappa shape index (κ3) is 4.00. The van der Waals surface area contributed by atoms with Crippen LogP contribution in [0.25, 0.3) is 0 Å². The van der Waals surface area contributed by atoms with Gasteiger partial charge < -0.3 is 14.8 Å². The van der Waals surface area contributed by atoms with Crippen molar-refractivity contribution in [2.75, 3.05) is 18.5 Å². The molecule has 6 heteroatoms. The molecule has 1 heterocycles. The minimum Gasteiger partial charge on any atom is -0.490 e. The summed E-state index contributed by atoms with van der Waals surface area (Å²) in [4.78, 5) is 12.2. The molecule has 118 valence electrons. The van der Waals surface area contributed by atoms with E-state index in [0.29, 0.717) is 36.1 Å². The number of carbonyl (C=O) groups is 1. The van der Waals surface area contributed by atoms with Crippen LogP contribution in [-0.2, 0) is 7.05 Å². The fraction of sp³-hybridized carbons (Fsp3) is 0.375. The van der Waals surface area contributed by atoms with E-state index in [2.05, 4.69) is 10.4 Å². The number of carbonyl (C=O) groups excluding carboxylic acids is 1. The number of anilines is 1. The molecule has 0 saturated carbocycles. The van der Waals surface area contributed by atoms with Crippen molar-refractivity contribution in [1.82, 2.24) is 9.78 Å². The van der Waals surface area contributed by atoms with Crippen LogP contribution in [0.15, 0.2) is 30.5 Å². The lowest BCUT2D eigenvalue weighted by atomic mass is 10.2. The molecular formula is C16H21N3O3. The van der Waals surface area contributed by atoms with Crippen molar-refractivity contribution in [3.05, 3.63) is 36.0 Å². The van der Waals surface area contributed by atoms with E-state index in [4.69, 9.17) is 9.47 Å². The van der Waals surface area contributed by atoms with E-state index in [1.165, 1.54) is 0 Å². The van der Waals surface area contributed by atoms with Crippen LogP contribution < -0.4 is 14.8 Å². The SMILES string of the molecule is CCCOc1ccc(C(=O)Nc2ccn(C)n2)cc1OCC. The Balaban J connectivity index is 2.16. The molecule has 6 nitrogen and oxygen atoms in total. The van der Waals surface area contributed by atoms with Gasteiger partial charge in [-0.05, 0) is 31.5 Å². The number of aryl methyl sites for hydroxylation is 1.